The van der Waals surface area contributed by atoms with Crippen LogP contribution in [0.2, 0.25) is 0 Å². The van der Waals surface area contributed by atoms with Crippen molar-refractivity contribution in [3.8, 4) is 17.3 Å². The minimum absolute atomic E-state index is 0.332. The van der Waals surface area contributed by atoms with Gasteiger partial charge >= 0.3 is 0 Å². The fraction of sp³-hybridized carbons (Fsp3) is 0.0417. The highest BCUT2D eigenvalue weighted by molar-refractivity contribution is 5.85. The predicted octanol–water partition coefficient (Wildman–Crippen LogP) is 5.43. The standard InChI is InChI=1S/C24H19FN6O/c1-16-20(15-26-29-24-27-21-9-5-6-10-22(21)28-24)23(32-19-13-11-17(25)12-14-19)31(30-16)18-7-3-2-4-8-18/h2-15H,1H3,(H2,27,28,29)/b26-15+. The predicted molar refractivity (Wildman–Crippen MR) is 122 cm³/mol. The molecule has 2 aromatic heterocycles. The highest BCUT2D eigenvalue weighted by Gasteiger charge is 2.18. The van der Waals surface area contributed by atoms with Gasteiger partial charge in [0.2, 0.25) is 11.8 Å². The van der Waals surface area contributed by atoms with Crippen molar-refractivity contribution in [2.75, 3.05) is 5.43 Å². The summed E-state index contributed by atoms with van der Waals surface area (Å²) in [6.45, 7) is 1.87. The van der Waals surface area contributed by atoms with Gasteiger partial charge in [-0.05, 0) is 55.5 Å². The van der Waals surface area contributed by atoms with Gasteiger partial charge in [0, 0.05) is 0 Å². The lowest BCUT2D eigenvalue weighted by Gasteiger charge is -2.10. The van der Waals surface area contributed by atoms with Crippen LogP contribution in [-0.4, -0.2) is 26.0 Å². The number of ether oxygens (including phenoxy) is 1. The van der Waals surface area contributed by atoms with E-state index in [9.17, 15) is 4.39 Å². The summed E-state index contributed by atoms with van der Waals surface area (Å²) in [6, 6.07) is 23.2. The SMILES string of the molecule is Cc1nn(-c2ccccc2)c(Oc2ccc(F)cc2)c1/C=N/Nc1nc2ccccc2[nH]1. The molecule has 0 spiro atoms. The largest absolute Gasteiger partial charge is 0.438 e. The molecule has 0 aliphatic heterocycles. The lowest BCUT2D eigenvalue weighted by molar-refractivity contribution is 0.442. The molecule has 0 unspecified atom stereocenters. The second-order valence-corrected chi connectivity index (χ2v) is 7.08. The molecule has 0 aliphatic rings. The van der Waals surface area contributed by atoms with Crippen LogP contribution < -0.4 is 10.2 Å². The molecule has 0 saturated carbocycles. The summed E-state index contributed by atoms with van der Waals surface area (Å²) in [5.74, 6) is 1.15. The molecule has 0 aliphatic carbocycles. The first kappa shape index (κ1) is 19.5. The van der Waals surface area contributed by atoms with E-state index in [1.54, 1.807) is 23.0 Å². The average molecular weight is 426 g/mol. The molecule has 0 amide bonds. The second-order valence-electron chi connectivity index (χ2n) is 7.08. The van der Waals surface area contributed by atoms with Crippen molar-refractivity contribution in [1.29, 1.82) is 0 Å². The third-order valence-electron chi connectivity index (χ3n) is 4.84. The molecular formula is C24H19FN6O. The Hall–Kier alpha value is -4.46. The van der Waals surface area contributed by atoms with E-state index in [2.05, 4.69) is 25.6 Å². The third kappa shape index (κ3) is 3.93. The number of nitrogens with zero attached hydrogens (tertiary/aromatic N) is 4. The second kappa shape index (κ2) is 8.35. The Balaban J connectivity index is 1.49. The van der Waals surface area contributed by atoms with Gasteiger partial charge in [0.05, 0.1) is 34.2 Å². The third-order valence-corrected chi connectivity index (χ3v) is 4.84. The van der Waals surface area contributed by atoms with E-state index in [0.717, 1.165) is 22.4 Å². The summed E-state index contributed by atoms with van der Waals surface area (Å²) in [5.41, 5.74) is 6.92. The van der Waals surface area contributed by atoms with Crippen LogP contribution in [0, 0.1) is 12.7 Å². The van der Waals surface area contributed by atoms with E-state index in [4.69, 9.17) is 4.74 Å². The Morgan fingerprint density at radius 1 is 1.00 bits per heavy atom. The molecule has 158 valence electrons. The van der Waals surface area contributed by atoms with Crippen LogP contribution in [0.15, 0.2) is 84.0 Å². The molecule has 0 atom stereocenters. The van der Waals surface area contributed by atoms with Crippen LogP contribution in [0.1, 0.15) is 11.3 Å². The molecule has 0 radical (unpaired) electrons. The fourth-order valence-electron chi connectivity index (χ4n) is 3.29. The molecule has 32 heavy (non-hydrogen) atoms. The number of anilines is 1. The van der Waals surface area contributed by atoms with Gasteiger partial charge < -0.3 is 9.72 Å². The number of benzene rings is 3. The Labute approximate surface area is 183 Å². The maximum Gasteiger partial charge on any atom is 0.231 e. The fourth-order valence-corrected chi connectivity index (χ4v) is 3.29. The highest BCUT2D eigenvalue weighted by Crippen LogP contribution is 2.29. The number of hydrazone groups is 1. The topological polar surface area (TPSA) is 80.1 Å². The van der Waals surface area contributed by atoms with Gasteiger partial charge in [-0.2, -0.15) is 14.9 Å². The zero-order chi connectivity index (χ0) is 21.9. The van der Waals surface area contributed by atoms with Crippen molar-refractivity contribution in [2.24, 2.45) is 5.10 Å². The summed E-state index contributed by atoms with van der Waals surface area (Å²) in [7, 11) is 0. The Kier molecular flexibility index (Phi) is 5.09. The zero-order valence-corrected chi connectivity index (χ0v) is 17.2. The molecule has 8 heteroatoms. The van der Waals surface area contributed by atoms with Crippen LogP contribution in [0.5, 0.6) is 11.6 Å². The van der Waals surface area contributed by atoms with Crippen LogP contribution in [-0.2, 0) is 0 Å². The average Bonchev–Trinajstić information content (AvgIpc) is 3.37. The van der Waals surface area contributed by atoms with E-state index >= 15 is 0 Å². The van der Waals surface area contributed by atoms with Crippen LogP contribution in [0.3, 0.4) is 0 Å². The van der Waals surface area contributed by atoms with E-state index in [1.165, 1.54) is 12.1 Å². The monoisotopic (exact) mass is 426 g/mol. The lowest BCUT2D eigenvalue weighted by Crippen LogP contribution is -2.01. The van der Waals surface area contributed by atoms with Gasteiger partial charge in [-0.25, -0.2) is 14.8 Å². The Bertz CT molecular complexity index is 1360. The van der Waals surface area contributed by atoms with E-state index in [1.807, 2.05) is 61.5 Å². The summed E-state index contributed by atoms with van der Waals surface area (Å²) in [4.78, 5) is 7.61. The molecule has 7 nitrogen and oxygen atoms in total. The normalized spacial score (nSPS) is 11.3. The van der Waals surface area contributed by atoms with Gasteiger partial charge in [-0.15, -0.1) is 0 Å². The van der Waals surface area contributed by atoms with Gasteiger partial charge in [0.15, 0.2) is 0 Å². The number of H-pyrrole nitrogens is 1. The molecule has 0 fully saturated rings. The van der Waals surface area contributed by atoms with Crippen LogP contribution in [0.25, 0.3) is 16.7 Å². The molecule has 2 N–H and O–H groups in total. The van der Waals surface area contributed by atoms with Crippen LogP contribution >= 0.6 is 0 Å². The summed E-state index contributed by atoms with van der Waals surface area (Å²) in [5, 5.41) is 8.96. The van der Waals surface area contributed by atoms with Gasteiger partial charge in [0.1, 0.15) is 11.6 Å². The molecule has 5 rings (SSSR count). The first-order valence-corrected chi connectivity index (χ1v) is 10.00. The first-order chi connectivity index (χ1) is 15.7. The number of imidazole rings is 1. The van der Waals surface area contributed by atoms with E-state index in [0.29, 0.717) is 23.1 Å². The number of rotatable bonds is 6. The molecule has 0 saturated heterocycles. The summed E-state index contributed by atoms with van der Waals surface area (Å²) in [6.07, 6.45) is 1.63. The highest BCUT2D eigenvalue weighted by atomic mass is 19.1. The number of fused-ring (bicyclic) bond motifs is 1. The first-order valence-electron chi connectivity index (χ1n) is 10.00. The maximum atomic E-state index is 13.3. The molecule has 0 bridgehead atoms. The van der Waals surface area contributed by atoms with Gasteiger partial charge in [0.25, 0.3) is 0 Å². The van der Waals surface area contributed by atoms with E-state index in [-0.39, 0.29) is 5.82 Å². The number of para-hydroxylation sites is 3. The quantitative estimate of drug-likeness (QED) is 0.280. The maximum absolute atomic E-state index is 13.3. The summed E-state index contributed by atoms with van der Waals surface area (Å²) < 4.78 is 21.2. The number of nitrogens with one attached hydrogen (secondary N) is 2. The van der Waals surface area contributed by atoms with Crippen molar-refractivity contribution < 1.29 is 9.13 Å². The smallest absolute Gasteiger partial charge is 0.231 e. The van der Waals surface area contributed by atoms with Crippen molar-refractivity contribution in [2.45, 2.75) is 6.92 Å². The minimum Gasteiger partial charge on any atom is -0.438 e. The van der Waals surface area contributed by atoms with Crippen molar-refractivity contribution in [1.82, 2.24) is 19.7 Å². The van der Waals surface area contributed by atoms with Crippen LogP contribution in [0.4, 0.5) is 10.3 Å². The zero-order valence-electron chi connectivity index (χ0n) is 17.2. The molecular weight excluding hydrogens is 407 g/mol. The Morgan fingerprint density at radius 2 is 1.75 bits per heavy atom. The molecule has 3 aromatic carbocycles. The van der Waals surface area contributed by atoms with Crippen molar-refractivity contribution >= 4 is 23.2 Å². The van der Waals surface area contributed by atoms with E-state index < -0.39 is 0 Å². The van der Waals surface area contributed by atoms with Gasteiger partial charge in [-0.3, -0.25) is 0 Å². The Morgan fingerprint density at radius 3 is 2.53 bits per heavy atom. The number of aryl methyl sites for hydroxylation is 1. The number of halogens is 1. The summed E-state index contributed by atoms with van der Waals surface area (Å²) >= 11 is 0. The number of aromatic amines is 1. The molecule has 2 heterocycles. The minimum atomic E-state index is -0.332. The van der Waals surface area contributed by atoms with Crippen molar-refractivity contribution in [3.63, 3.8) is 0 Å². The van der Waals surface area contributed by atoms with Gasteiger partial charge in [-0.1, -0.05) is 30.3 Å². The number of aromatic nitrogens is 4. The lowest BCUT2D eigenvalue weighted by atomic mass is 10.2. The molecule has 5 aromatic rings. The number of hydrogen-bond acceptors (Lipinski definition) is 5. The van der Waals surface area contributed by atoms with Crippen molar-refractivity contribution in [3.05, 3.63) is 95.9 Å². The number of hydrogen-bond donors (Lipinski definition) is 2.